The third-order valence-corrected chi connectivity index (χ3v) is 7.39. The second-order valence-corrected chi connectivity index (χ2v) is 10.2. The van der Waals surface area contributed by atoms with Crippen molar-refractivity contribution in [1.29, 1.82) is 0 Å². The Morgan fingerprint density at radius 1 is 0.805 bits per heavy atom. The number of aromatic hydroxyl groups is 1. The molecular formula is C35H26N3O2Pt-. The summed E-state index contributed by atoms with van der Waals surface area (Å²) in [5.41, 5.74) is 8.51. The summed E-state index contributed by atoms with van der Waals surface area (Å²) in [5.74, 6) is 1.84. The van der Waals surface area contributed by atoms with Crippen LogP contribution in [0.15, 0.2) is 97.2 Å². The number of phenols is 1. The molecule has 0 saturated carbocycles. The zero-order valence-electron chi connectivity index (χ0n) is 22.8. The average molecular weight is 716 g/mol. The Hall–Kier alpha value is -4.47. The molecule has 0 atom stereocenters. The molecule has 1 N–H and O–H groups in total. The molecule has 7 rings (SSSR count). The minimum absolute atomic E-state index is 0. The fourth-order valence-electron chi connectivity index (χ4n) is 5.79. The normalized spacial score (nSPS) is 11.2. The summed E-state index contributed by atoms with van der Waals surface area (Å²) in [6, 6.07) is 33.4. The number of nitrogens with zero attached hydrogens (tertiary/aromatic N) is 3. The first-order valence-electron chi connectivity index (χ1n) is 13.2. The number of hydrogen-bond donors (Lipinski definition) is 1. The van der Waals surface area contributed by atoms with Gasteiger partial charge in [-0.2, -0.15) is 6.07 Å². The first-order valence-corrected chi connectivity index (χ1v) is 13.2. The molecular weight excluding hydrogens is 689 g/mol. The van der Waals surface area contributed by atoms with E-state index in [0.717, 1.165) is 38.6 Å². The Bertz CT molecular complexity index is 2080. The summed E-state index contributed by atoms with van der Waals surface area (Å²) in [7, 11) is 0. The molecule has 7 aromatic rings. The molecule has 0 fully saturated rings. The number of aryl methyl sites for hydroxylation is 3. The molecule has 0 saturated heterocycles. The molecule has 204 valence electrons. The smallest absolute Gasteiger partial charge is 0.217 e. The fourth-order valence-corrected chi connectivity index (χ4v) is 5.79. The van der Waals surface area contributed by atoms with Crippen LogP contribution in [0.5, 0.6) is 17.4 Å². The van der Waals surface area contributed by atoms with E-state index in [2.05, 4.69) is 78.9 Å². The van der Waals surface area contributed by atoms with Crippen LogP contribution in [0.1, 0.15) is 16.7 Å². The number of para-hydroxylation sites is 2. The van der Waals surface area contributed by atoms with E-state index in [9.17, 15) is 5.11 Å². The molecule has 4 aromatic carbocycles. The summed E-state index contributed by atoms with van der Waals surface area (Å²) < 4.78 is 8.30. The first-order chi connectivity index (χ1) is 19.5. The Morgan fingerprint density at radius 2 is 1.61 bits per heavy atom. The number of benzene rings is 4. The number of ether oxygens (including phenoxy) is 1. The van der Waals surface area contributed by atoms with Gasteiger partial charge in [-0.3, -0.25) is 0 Å². The fraction of sp³-hybridized carbons (Fsp3) is 0.0857. The van der Waals surface area contributed by atoms with Gasteiger partial charge < -0.3 is 14.4 Å². The van der Waals surface area contributed by atoms with E-state index in [4.69, 9.17) is 9.72 Å². The molecule has 3 heterocycles. The van der Waals surface area contributed by atoms with Gasteiger partial charge in [0, 0.05) is 50.0 Å². The van der Waals surface area contributed by atoms with Gasteiger partial charge in [0.05, 0.1) is 0 Å². The van der Waals surface area contributed by atoms with Crippen LogP contribution in [0.4, 0.5) is 0 Å². The van der Waals surface area contributed by atoms with Crippen molar-refractivity contribution in [2.24, 2.45) is 0 Å². The van der Waals surface area contributed by atoms with Gasteiger partial charge in [0.25, 0.3) is 0 Å². The van der Waals surface area contributed by atoms with E-state index < -0.39 is 0 Å². The zero-order valence-corrected chi connectivity index (χ0v) is 25.0. The number of pyridine rings is 2. The Morgan fingerprint density at radius 3 is 2.44 bits per heavy atom. The maximum Gasteiger partial charge on any atom is 0.217 e. The van der Waals surface area contributed by atoms with Crippen LogP contribution in [-0.2, 0) is 21.1 Å². The summed E-state index contributed by atoms with van der Waals surface area (Å²) in [5, 5.41) is 13.3. The van der Waals surface area contributed by atoms with Crippen molar-refractivity contribution in [2.75, 3.05) is 0 Å². The third kappa shape index (κ3) is 4.66. The van der Waals surface area contributed by atoms with Crippen LogP contribution < -0.4 is 4.74 Å². The molecule has 0 radical (unpaired) electrons. The van der Waals surface area contributed by atoms with E-state index in [1.807, 2.05) is 36.5 Å². The molecule has 0 bridgehead atoms. The van der Waals surface area contributed by atoms with Crippen molar-refractivity contribution in [3.05, 3.63) is 120 Å². The van der Waals surface area contributed by atoms with Gasteiger partial charge in [0.1, 0.15) is 17.1 Å². The number of fused-ring (bicyclic) bond motifs is 4. The van der Waals surface area contributed by atoms with E-state index in [-0.39, 0.29) is 26.8 Å². The van der Waals surface area contributed by atoms with Gasteiger partial charge in [-0.05, 0) is 78.7 Å². The van der Waals surface area contributed by atoms with Gasteiger partial charge >= 0.3 is 0 Å². The molecule has 0 aliphatic carbocycles. The first kappa shape index (κ1) is 26.7. The standard InChI is InChI=1S/C35H26N3O2.Pt/c1-21-17-22(2)34(23(3)18-21)25-15-16-36-32(19-25)38-29-9-5-4-8-27(29)28-13-12-26(20-30(28)38)40-33-14-11-24-7-6-10-31(39)35(24)37-33;/h4-19,39H,1-3H3;/q-1;. The van der Waals surface area contributed by atoms with Crippen LogP contribution >= 0.6 is 0 Å². The quantitative estimate of drug-likeness (QED) is 0.186. The average Bonchev–Trinajstić information content (AvgIpc) is 3.27. The Labute approximate surface area is 252 Å². The Balaban J connectivity index is 0.00000302. The molecule has 0 spiro atoms. The molecule has 5 nitrogen and oxygen atoms in total. The monoisotopic (exact) mass is 715 g/mol. The van der Waals surface area contributed by atoms with Gasteiger partial charge in [-0.25, -0.2) is 9.97 Å². The van der Waals surface area contributed by atoms with Crippen LogP contribution in [0.2, 0.25) is 0 Å². The van der Waals surface area contributed by atoms with Gasteiger partial charge in [0.15, 0.2) is 0 Å². The largest absolute Gasteiger partial charge is 0.506 e. The van der Waals surface area contributed by atoms with Gasteiger partial charge in [-0.1, -0.05) is 53.5 Å². The molecule has 0 unspecified atom stereocenters. The van der Waals surface area contributed by atoms with Crippen molar-refractivity contribution in [3.8, 4) is 34.3 Å². The summed E-state index contributed by atoms with van der Waals surface area (Å²) in [6.45, 7) is 6.45. The second-order valence-electron chi connectivity index (χ2n) is 10.2. The maximum atomic E-state index is 10.3. The molecule has 3 aromatic heterocycles. The molecule has 0 amide bonds. The van der Waals surface area contributed by atoms with Gasteiger partial charge in [-0.15, -0.1) is 17.5 Å². The van der Waals surface area contributed by atoms with E-state index in [1.165, 1.54) is 22.3 Å². The number of aromatic nitrogens is 3. The van der Waals surface area contributed by atoms with Crippen molar-refractivity contribution >= 4 is 32.7 Å². The number of rotatable bonds is 4. The van der Waals surface area contributed by atoms with Crippen LogP contribution in [0.3, 0.4) is 0 Å². The zero-order chi connectivity index (χ0) is 27.4. The topological polar surface area (TPSA) is 60.2 Å². The molecule has 6 heteroatoms. The molecule has 0 aliphatic rings. The van der Waals surface area contributed by atoms with Crippen LogP contribution in [-0.4, -0.2) is 19.6 Å². The third-order valence-electron chi connectivity index (χ3n) is 7.39. The van der Waals surface area contributed by atoms with Crippen molar-refractivity contribution in [3.63, 3.8) is 0 Å². The second kappa shape index (κ2) is 10.5. The minimum atomic E-state index is 0. The van der Waals surface area contributed by atoms with Crippen LogP contribution in [0.25, 0.3) is 49.7 Å². The maximum absolute atomic E-state index is 10.3. The van der Waals surface area contributed by atoms with Gasteiger partial charge in [0.2, 0.25) is 5.88 Å². The number of hydrogen-bond acceptors (Lipinski definition) is 4. The number of phenolic OH excluding ortho intramolecular Hbond substituents is 1. The SMILES string of the molecule is Cc1cc(C)c(-c2ccnc(-n3c4[c-]c(Oc5ccc6cccc(O)c6n5)ccc4c4ccccc43)c2)c(C)c1.[Pt]. The molecule has 41 heavy (non-hydrogen) atoms. The minimum Gasteiger partial charge on any atom is -0.506 e. The summed E-state index contributed by atoms with van der Waals surface area (Å²) in [6.07, 6.45) is 1.87. The Kier molecular flexibility index (Phi) is 6.84. The molecule has 0 aliphatic heterocycles. The van der Waals surface area contributed by atoms with Crippen molar-refractivity contribution in [1.82, 2.24) is 14.5 Å². The predicted molar refractivity (Wildman–Crippen MR) is 161 cm³/mol. The predicted octanol–water partition coefficient (Wildman–Crippen LogP) is 8.61. The van der Waals surface area contributed by atoms with Crippen molar-refractivity contribution in [2.45, 2.75) is 20.8 Å². The van der Waals surface area contributed by atoms with E-state index in [1.54, 1.807) is 18.2 Å². The summed E-state index contributed by atoms with van der Waals surface area (Å²) in [4.78, 5) is 9.33. The van der Waals surface area contributed by atoms with Crippen molar-refractivity contribution < 1.29 is 30.9 Å². The van der Waals surface area contributed by atoms with E-state index in [0.29, 0.717) is 17.1 Å². The van der Waals surface area contributed by atoms with E-state index >= 15 is 0 Å². The van der Waals surface area contributed by atoms with Crippen LogP contribution in [0, 0.1) is 26.8 Å². The summed E-state index contributed by atoms with van der Waals surface area (Å²) >= 11 is 0.